The van der Waals surface area contributed by atoms with Crippen LogP contribution < -0.4 is 10.0 Å². The summed E-state index contributed by atoms with van der Waals surface area (Å²) in [7, 11) is -3.60. The second-order valence-corrected chi connectivity index (χ2v) is 7.46. The second-order valence-electron chi connectivity index (χ2n) is 5.70. The molecule has 1 aliphatic rings. The molecule has 134 valence electrons. The standard InChI is InChI=1S/C16H24N2O5S/c19-10-2-1-9-17-16(20)13-5-7-15(8-6-13)24(21,22)18-12-14-4-3-11-23-14/h5-8,14,18-19H,1-4,9-12H2,(H,17,20)/t14-/m0/s1. The summed E-state index contributed by atoms with van der Waals surface area (Å²) in [6, 6.07) is 5.81. The van der Waals surface area contributed by atoms with Crippen molar-refractivity contribution in [2.75, 3.05) is 26.3 Å². The normalized spacial score (nSPS) is 17.8. The number of unbranched alkanes of at least 4 members (excludes halogenated alkanes) is 1. The molecule has 2 rings (SSSR count). The van der Waals surface area contributed by atoms with Crippen LogP contribution in [0.15, 0.2) is 29.2 Å². The number of benzene rings is 1. The number of aliphatic hydroxyl groups excluding tert-OH is 1. The summed E-state index contributed by atoms with van der Waals surface area (Å²) in [6.07, 6.45) is 3.08. The van der Waals surface area contributed by atoms with Crippen LogP contribution in [0.5, 0.6) is 0 Å². The van der Waals surface area contributed by atoms with Gasteiger partial charge in [-0.15, -0.1) is 0 Å². The van der Waals surface area contributed by atoms with Gasteiger partial charge in [0.2, 0.25) is 10.0 Å². The highest BCUT2D eigenvalue weighted by Gasteiger charge is 2.20. The molecular formula is C16H24N2O5S. The molecular weight excluding hydrogens is 332 g/mol. The average Bonchev–Trinajstić information content (AvgIpc) is 3.10. The maximum absolute atomic E-state index is 12.2. The molecule has 0 spiro atoms. The van der Waals surface area contributed by atoms with Crippen molar-refractivity contribution >= 4 is 15.9 Å². The van der Waals surface area contributed by atoms with E-state index < -0.39 is 10.0 Å². The van der Waals surface area contributed by atoms with Gasteiger partial charge in [-0.3, -0.25) is 4.79 Å². The number of sulfonamides is 1. The molecule has 1 atom stereocenters. The molecule has 1 aromatic rings. The zero-order chi connectivity index (χ0) is 17.4. The highest BCUT2D eigenvalue weighted by atomic mass is 32.2. The number of rotatable bonds is 9. The van der Waals surface area contributed by atoms with Crippen molar-refractivity contribution in [3.8, 4) is 0 Å². The first kappa shape index (κ1) is 18.9. The van der Waals surface area contributed by atoms with Gasteiger partial charge in [0.25, 0.3) is 5.91 Å². The van der Waals surface area contributed by atoms with Crippen LogP contribution in [-0.2, 0) is 14.8 Å². The Bertz CT molecular complexity index is 624. The molecule has 0 aromatic heterocycles. The van der Waals surface area contributed by atoms with E-state index in [9.17, 15) is 13.2 Å². The summed E-state index contributed by atoms with van der Waals surface area (Å²) in [6.45, 7) is 1.51. The Labute approximate surface area is 142 Å². The zero-order valence-corrected chi connectivity index (χ0v) is 14.3. The summed E-state index contributed by atoms with van der Waals surface area (Å²) in [5, 5.41) is 11.4. The van der Waals surface area contributed by atoms with Gasteiger partial charge in [-0.1, -0.05) is 0 Å². The van der Waals surface area contributed by atoms with Crippen molar-refractivity contribution in [3.05, 3.63) is 29.8 Å². The molecule has 1 fully saturated rings. The second kappa shape index (κ2) is 9.12. The Balaban J connectivity index is 1.88. The smallest absolute Gasteiger partial charge is 0.251 e. The molecule has 0 bridgehead atoms. The fourth-order valence-corrected chi connectivity index (χ4v) is 3.48. The van der Waals surface area contributed by atoms with Crippen molar-refractivity contribution in [1.29, 1.82) is 0 Å². The van der Waals surface area contributed by atoms with Gasteiger partial charge in [-0.2, -0.15) is 0 Å². The number of hydrogen-bond acceptors (Lipinski definition) is 5. The molecule has 1 saturated heterocycles. The van der Waals surface area contributed by atoms with Gasteiger partial charge in [-0.25, -0.2) is 13.1 Å². The Morgan fingerprint density at radius 2 is 2.00 bits per heavy atom. The SMILES string of the molecule is O=C(NCCCCO)c1ccc(S(=O)(=O)NC[C@@H]2CCCO2)cc1. The molecule has 1 aromatic carbocycles. The summed E-state index contributed by atoms with van der Waals surface area (Å²) >= 11 is 0. The van der Waals surface area contributed by atoms with Crippen molar-refractivity contribution < 1.29 is 23.1 Å². The summed E-state index contributed by atoms with van der Waals surface area (Å²) in [4.78, 5) is 12.0. The predicted octanol–water partition coefficient (Wildman–Crippen LogP) is 0.646. The third kappa shape index (κ3) is 5.55. The quantitative estimate of drug-likeness (QED) is 0.564. The molecule has 0 unspecified atom stereocenters. The summed E-state index contributed by atoms with van der Waals surface area (Å²) in [5.41, 5.74) is 0.400. The van der Waals surface area contributed by atoms with E-state index in [0.717, 1.165) is 12.8 Å². The zero-order valence-electron chi connectivity index (χ0n) is 13.5. The first-order valence-electron chi connectivity index (χ1n) is 8.13. The maximum Gasteiger partial charge on any atom is 0.251 e. The molecule has 0 saturated carbocycles. The third-order valence-corrected chi connectivity index (χ3v) is 5.26. The third-order valence-electron chi connectivity index (χ3n) is 3.82. The maximum atomic E-state index is 12.2. The molecule has 3 N–H and O–H groups in total. The monoisotopic (exact) mass is 356 g/mol. The number of aliphatic hydroxyl groups is 1. The van der Waals surface area contributed by atoms with Crippen molar-refractivity contribution in [2.24, 2.45) is 0 Å². The Hall–Kier alpha value is -1.48. The number of carbonyl (C=O) groups is 1. The van der Waals surface area contributed by atoms with Gasteiger partial charge in [0, 0.05) is 31.9 Å². The molecule has 1 heterocycles. The van der Waals surface area contributed by atoms with Gasteiger partial charge in [-0.05, 0) is 49.9 Å². The molecule has 0 radical (unpaired) electrons. The molecule has 7 nitrogen and oxygen atoms in total. The van der Waals surface area contributed by atoms with Gasteiger partial charge in [0.1, 0.15) is 0 Å². The van der Waals surface area contributed by atoms with E-state index >= 15 is 0 Å². The van der Waals surface area contributed by atoms with E-state index in [0.29, 0.717) is 31.6 Å². The van der Waals surface area contributed by atoms with Crippen LogP contribution >= 0.6 is 0 Å². The van der Waals surface area contributed by atoms with E-state index in [2.05, 4.69) is 10.0 Å². The number of hydrogen-bond donors (Lipinski definition) is 3. The fraction of sp³-hybridized carbons (Fsp3) is 0.562. The van der Waals surface area contributed by atoms with Crippen molar-refractivity contribution in [3.63, 3.8) is 0 Å². The van der Waals surface area contributed by atoms with Crippen LogP contribution in [0.25, 0.3) is 0 Å². The van der Waals surface area contributed by atoms with Crippen LogP contribution in [-0.4, -0.2) is 51.8 Å². The predicted molar refractivity (Wildman–Crippen MR) is 89.3 cm³/mol. The van der Waals surface area contributed by atoms with Crippen molar-refractivity contribution in [1.82, 2.24) is 10.0 Å². The first-order chi connectivity index (χ1) is 11.5. The summed E-state index contributed by atoms with van der Waals surface area (Å²) in [5.74, 6) is -0.260. The van der Waals surface area contributed by atoms with Gasteiger partial charge >= 0.3 is 0 Å². The van der Waals surface area contributed by atoms with E-state index in [1.165, 1.54) is 24.3 Å². The molecule has 8 heteroatoms. The Kier molecular flexibility index (Phi) is 7.16. The molecule has 1 aliphatic heterocycles. The highest BCUT2D eigenvalue weighted by molar-refractivity contribution is 7.89. The van der Waals surface area contributed by atoms with Crippen LogP contribution in [0, 0.1) is 0 Å². The van der Waals surface area contributed by atoms with Gasteiger partial charge < -0.3 is 15.2 Å². The minimum Gasteiger partial charge on any atom is -0.396 e. The number of ether oxygens (including phenoxy) is 1. The molecule has 24 heavy (non-hydrogen) atoms. The fourth-order valence-electron chi connectivity index (χ4n) is 2.42. The van der Waals surface area contributed by atoms with Gasteiger partial charge in [0.15, 0.2) is 0 Å². The Morgan fingerprint density at radius 3 is 2.62 bits per heavy atom. The minimum absolute atomic E-state index is 0.0660. The average molecular weight is 356 g/mol. The molecule has 0 aliphatic carbocycles. The number of carbonyl (C=O) groups excluding carboxylic acids is 1. The lowest BCUT2D eigenvalue weighted by Crippen LogP contribution is -2.31. The van der Waals surface area contributed by atoms with Crippen molar-refractivity contribution in [2.45, 2.75) is 36.7 Å². The Morgan fingerprint density at radius 1 is 1.25 bits per heavy atom. The largest absolute Gasteiger partial charge is 0.396 e. The van der Waals surface area contributed by atoms with E-state index in [-0.39, 0.29) is 30.1 Å². The van der Waals surface area contributed by atoms with Gasteiger partial charge in [0.05, 0.1) is 11.0 Å². The number of amides is 1. The molecule has 1 amide bonds. The van der Waals surface area contributed by atoms with E-state index in [4.69, 9.17) is 9.84 Å². The van der Waals surface area contributed by atoms with Crippen LogP contribution in [0.4, 0.5) is 0 Å². The highest BCUT2D eigenvalue weighted by Crippen LogP contribution is 2.14. The van der Waals surface area contributed by atoms with E-state index in [1.54, 1.807) is 0 Å². The first-order valence-corrected chi connectivity index (χ1v) is 9.61. The van der Waals surface area contributed by atoms with Crippen LogP contribution in [0.2, 0.25) is 0 Å². The lowest BCUT2D eigenvalue weighted by Gasteiger charge is -2.11. The topological polar surface area (TPSA) is 105 Å². The number of nitrogens with one attached hydrogen (secondary N) is 2. The van der Waals surface area contributed by atoms with Crippen LogP contribution in [0.3, 0.4) is 0 Å². The van der Waals surface area contributed by atoms with Crippen LogP contribution in [0.1, 0.15) is 36.0 Å². The lowest BCUT2D eigenvalue weighted by atomic mass is 10.2. The minimum atomic E-state index is -3.60. The lowest BCUT2D eigenvalue weighted by molar-refractivity contribution is 0.0952. The summed E-state index contributed by atoms with van der Waals surface area (Å²) < 4.78 is 32.4. The van der Waals surface area contributed by atoms with E-state index in [1.807, 2.05) is 0 Å².